The van der Waals surface area contributed by atoms with E-state index in [1.54, 1.807) is 18.3 Å². The van der Waals surface area contributed by atoms with Crippen molar-refractivity contribution in [2.75, 3.05) is 0 Å². The standard InChI is InChI=1S/C14H14ClN3O3/c15-9-4-3-7-16-11(9)12-17-10(21-18-12)8-14(13(19)20)5-1-2-6-14/h3-4,7H,1-2,5-6,8H2,(H,19,20). The lowest BCUT2D eigenvalue weighted by Crippen LogP contribution is -2.30. The molecule has 110 valence electrons. The number of halogens is 1. The van der Waals surface area contributed by atoms with Gasteiger partial charge in [0, 0.05) is 12.6 Å². The molecule has 0 amide bonds. The van der Waals surface area contributed by atoms with Crippen molar-refractivity contribution in [1.29, 1.82) is 0 Å². The van der Waals surface area contributed by atoms with Crippen LogP contribution < -0.4 is 0 Å². The minimum absolute atomic E-state index is 0.250. The van der Waals surface area contributed by atoms with E-state index in [2.05, 4.69) is 15.1 Å². The Morgan fingerprint density at radius 1 is 1.43 bits per heavy atom. The summed E-state index contributed by atoms with van der Waals surface area (Å²) in [5.41, 5.74) is -0.345. The summed E-state index contributed by atoms with van der Waals surface area (Å²) < 4.78 is 5.19. The van der Waals surface area contributed by atoms with E-state index in [0.29, 0.717) is 29.4 Å². The van der Waals surface area contributed by atoms with E-state index in [1.165, 1.54) is 0 Å². The molecule has 0 saturated heterocycles. The summed E-state index contributed by atoms with van der Waals surface area (Å²) in [7, 11) is 0. The highest BCUT2D eigenvalue weighted by Gasteiger charge is 2.42. The monoisotopic (exact) mass is 307 g/mol. The van der Waals surface area contributed by atoms with Gasteiger partial charge in [-0.15, -0.1) is 0 Å². The van der Waals surface area contributed by atoms with Crippen molar-refractivity contribution in [1.82, 2.24) is 15.1 Å². The molecule has 1 fully saturated rings. The van der Waals surface area contributed by atoms with Crippen LogP contribution >= 0.6 is 11.6 Å². The van der Waals surface area contributed by atoms with Crippen LogP contribution in [0.5, 0.6) is 0 Å². The molecule has 1 aliphatic rings. The molecule has 0 atom stereocenters. The largest absolute Gasteiger partial charge is 0.481 e. The molecule has 0 radical (unpaired) electrons. The van der Waals surface area contributed by atoms with E-state index in [9.17, 15) is 9.90 Å². The van der Waals surface area contributed by atoms with Gasteiger partial charge in [0.2, 0.25) is 11.7 Å². The molecule has 0 unspecified atom stereocenters. The maximum absolute atomic E-state index is 11.5. The van der Waals surface area contributed by atoms with Crippen molar-refractivity contribution in [3.05, 3.63) is 29.2 Å². The predicted octanol–water partition coefficient (Wildman–Crippen LogP) is 2.97. The van der Waals surface area contributed by atoms with E-state index in [4.69, 9.17) is 16.1 Å². The van der Waals surface area contributed by atoms with Gasteiger partial charge in [-0.1, -0.05) is 29.6 Å². The minimum atomic E-state index is -0.796. The van der Waals surface area contributed by atoms with E-state index in [-0.39, 0.29) is 12.2 Å². The fourth-order valence-electron chi connectivity index (χ4n) is 2.78. The van der Waals surface area contributed by atoms with Crippen LogP contribution in [0.15, 0.2) is 22.9 Å². The summed E-state index contributed by atoms with van der Waals surface area (Å²) >= 11 is 6.04. The van der Waals surface area contributed by atoms with Crippen LogP contribution in [0, 0.1) is 5.41 Å². The van der Waals surface area contributed by atoms with Gasteiger partial charge in [-0.25, -0.2) is 0 Å². The first kappa shape index (κ1) is 14.0. The first-order valence-corrected chi connectivity index (χ1v) is 7.15. The summed E-state index contributed by atoms with van der Waals surface area (Å²) in [6, 6.07) is 3.40. The molecule has 1 aliphatic carbocycles. The summed E-state index contributed by atoms with van der Waals surface area (Å²) in [4.78, 5) is 19.9. The van der Waals surface area contributed by atoms with Crippen molar-refractivity contribution < 1.29 is 14.4 Å². The minimum Gasteiger partial charge on any atom is -0.481 e. The summed E-state index contributed by atoms with van der Waals surface area (Å²) in [6.07, 6.45) is 4.96. The second-order valence-electron chi connectivity index (χ2n) is 5.31. The number of carboxylic acid groups (broad SMARTS) is 1. The third-order valence-corrected chi connectivity index (χ3v) is 4.25. The smallest absolute Gasteiger partial charge is 0.310 e. The second-order valence-corrected chi connectivity index (χ2v) is 5.72. The number of carbonyl (C=O) groups is 1. The Kier molecular flexibility index (Phi) is 3.63. The van der Waals surface area contributed by atoms with Crippen LogP contribution in [0.1, 0.15) is 31.6 Å². The van der Waals surface area contributed by atoms with Crippen molar-refractivity contribution in [3.63, 3.8) is 0 Å². The molecule has 21 heavy (non-hydrogen) atoms. The van der Waals surface area contributed by atoms with Gasteiger partial charge in [0.1, 0.15) is 5.69 Å². The highest BCUT2D eigenvalue weighted by atomic mass is 35.5. The summed E-state index contributed by atoms with van der Waals surface area (Å²) in [6.45, 7) is 0. The molecule has 0 aliphatic heterocycles. The fraction of sp³-hybridized carbons (Fsp3) is 0.429. The Bertz CT molecular complexity index is 665. The normalized spacial score (nSPS) is 17.0. The molecule has 6 nitrogen and oxygen atoms in total. The first-order valence-electron chi connectivity index (χ1n) is 6.78. The van der Waals surface area contributed by atoms with Crippen molar-refractivity contribution in [3.8, 4) is 11.5 Å². The van der Waals surface area contributed by atoms with Gasteiger partial charge in [0.05, 0.1) is 10.4 Å². The molecule has 1 N–H and O–H groups in total. The van der Waals surface area contributed by atoms with E-state index in [1.807, 2.05) is 0 Å². The molecule has 2 aromatic heterocycles. The maximum atomic E-state index is 11.5. The van der Waals surface area contributed by atoms with Gasteiger partial charge >= 0.3 is 5.97 Å². The van der Waals surface area contributed by atoms with Crippen molar-refractivity contribution in [2.45, 2.75) is 32.1 Å². The van der Waals surface area contributed by atoms with Crippen LogP contribution in [0.2, 0.25) is 5.02 Å². The van der Waals surface area contributed by atoms with Gasteiger partial charge in [-0.05, 0) is 25.0 Å². The average Bonchev–Trinajstić information content (AvgIpc) is 3.10. The van der Waals surface area contributed by atoms with E-state index < -0.39 is 11.4 Å². The molecule has 0 bridgehead atoms. The number of carboxylic acids is 1. The summed E-state index contributed by atoms with van der Waals surface area (Å²) in [5.74, 6) is -0.194. The van der Waals surface area contributed by atoms with E-state index in [0.717, 1.165) is 12.8 Å². The molecule has 7 heteroatoms. The topological polar surface area (TPSA) is 89.1 Å². The predicted molar refractivity (Wildman–Crippen MR) is 74.8 cm³/mol. The quantitative estimate of drug-likeness (QED) is 0.934. The van der Waals surface area contributed by atoms with Gasteiger partial charge in [-0.3, -0.25) is 9.78 Å². The zero-order valence-electron chi connectivity index (χ0n) is 11.3. The second kappa shape index (κ2) is 5.44. The lowest BCUT2D eigenvalue weighted by atomic mass is 9.83. The first-order chi connectivity index (χ1) is 10.1. The highest BCUT2D eigenvalue weighted by Crippen LogP contribution is 2.41. The molecule has 2 heterocycles. The lowest BCUT2D eigenvalue weighted by molar-refractivity contribution is -0.148. The summed E-state index contributed by atoms with van der Waals surface area (Å²) in [5, 5.41) is 13.8. The molecule has 0 spiro atoms. The molecule has 1 saturated carbocycles. The Balaban J connectivity index is 1.86. The van der Waals surface area contributed by atoms with Crippen LogP contribution in [0.3, 0.4) is 0 Å². The van der Waals surface area contributed by atoms with Crippen molar-refractivity contribution >= 4 is 17.6 Å². The number of nitrogens with zero attached hydrogens (tertiary/aromatic N) is 3. The van der Waals surface area contributed by atoms with Gasteiger partial charge in [-0.2, -0.15) is 4.98 Å². The van der Waals surface area contributed by atoms with Gasteiger partial charge in [0.15, 0.2) is 0 Å². The molecule has 2 aromatic rings. The third kappa shape index (κ3) is 2.63. The number of aromatic nitrogens is 3. The number of hydrogen-bond donors (Lipinski definition) is 1. The Morgan fingerprint density at radius 3 is 2.86 bits per heavy atom. The Labute approximate surface area is 126 Å². The van der Waals surface area contributed by atoms with Crippen LogP contribution in [0.25, 0.3) is 11.5 Å². The Morgan fingerprint density at radius 2 is 2.19 bits per heavy atom. The Hall–Kier alpha value is -1.95. The van der Waals surface area contributed by atoms with Gasteiger partial charge < -0.3 is 9.63 Å². The van der Waals surface area contributed by atoms with Crippen molar-refractivity contribution in [2.24, 2.45) is 5.41 Å². The van der Waals surface area contributed by atoms with Gasteiger partial charge in [0.25, 0.3) is 0 Å². The zero-order valence-corrected chi connectivity index (χ0v) is 12.0. The lowest BCUT2D eigenvalue weighted by Gasteiger charge is -2.21. The number of hydrogen-bond acceptors (Lipinski definition) is 5. The van der Waals surface area contributed by atoms with E-state index >= 15 is 0 Å². The SMILES string of the molecule is O=C(O)C1(Cc2nc(-c3ncccc3Cl)no2)CCCC1. The number of pyridine rings is 1. The third-order valence-electron chi connectivity index (χ3n) is 3.94. The fourth-order valence-corrected chi connectivity index (χ4v) is 2.99. The average molecular weight is 308 g/mol. The van der Waals surface area contributed by atoms with Crippen LogP contribution in [0.4, 0.5) is 0 Å². The number of aliphatic carboxylic acids is 1. The highest BCUT2D eigenvalue weighted by molar-refractivity contribution is 6.32. The molecule has 3 rings (SSSR count). The van der Waals surface area contributed by atoms with Crippen LogP contribution in [-0.2, 0) is 11.2 Å². The molecule has 0 aromatic carbocycles. The number of rotatable bonds is 4. The maximum Gasteiger partial charge on any atom is 0.310 e. The van der Waals surface area contributed by atoms with Crippen LogP contribution in [-0.4, -0.2) is 26.2 Å². The molecular weight excluding hydrogens is 294 g/mol. The molecular formula is C14H14ClN3O3. The zero-order chi connectivity index (χ0) is 14.9.